The maximum absolute atomic E-state index is 12.4. The maximum Gasteiger partial charge on any atom is 0.237 e. The summed E-state index contributed by atoms with van der Waals surface area (Å²) in [4.78, 5) is 12.4. The van der Waals surface area contributed by atoms with Gasteiger partial charge >= 0.3 is 0 Å². The van der Waals surface area contributed by atoms with Crippen molar-refractivity contribution >= 4 is 23.4 Å². The molecule has 7 heteroatoms. The van der Waals surface area contributed by atoms with Gasteiger partial charge in [-0.25, -0.2) is 0 Å². The summed E-state index contributed by atoms with van der Waals surface area (Å²) in [6.07, 6.45) is 0.691. The lowest BCUT2D eigenvalue weighted by Crippen LogP contribution is -2.22. The van der Waals surface area contributed by atoms with Crippen LogP contribution in [0.25, 0.3) is 0 Å². The molecule has 0 aliphatic heterocycles. The van der Waals surface area contributed by atoms with Crippen LogP contribution < -0.4 is 5.32 Å². The Labute approximate surface area is 162 Å². The molecule has 136 valence electrons. The molecule has 3 rings (SSSR count). The fourth-order valence-corrected chi connectivity index (χ4v) is 3.30. The fraction of sp³-hybridized carbons (Fsp3) is 0.200. The van der Waals surface area contributed by atoms with Gasteiger partial charge < -0.3 is 9.88 Å². The summed E-state index contributed by atoms with van der Waals surface area (Å²) in [6, 6.07) is 18.9. The van der Waals surface area contributed by atoms with Crippen molar-refractivity contribution in [3.63, 3.8) is 0 Å². The van der Waals surface area contributed by atoms with Gasteiger partial charge in [0.05, 0.1) is 16.9 Å². The molecule has 2 aromatic carbocycles. The van der Waals surface area contributed by atoms with Crippen molar-refractivity contribution in [2.75, 3.05) is 5.32 Å². The van der Waals surface area contributed by atoms with Gasteiger partial charge in [0.2, 0.25) is 5.91 Å². The van der Waals surface area contributed by atoms with Crippen LogP contribution in [0, 0.1) is 11.3 Å². The molecular weight excluding hydrogens is 358 g/mol. The number of benzene rings is 2. The Hall–Kier alpha value is -3.11. The van der Waals surface area contributed by atoms with Crippen LogP contribution in [0.4, 0.5) is 5.69 Å². The van der Waals surface area contributed by atoms with Crippen molar-refractivity contribution < 1.29 is 4.79 Å². The Morgan fingerprint density at radius 2 is 1.89 bits per heavy atom. The second kappa shape index (κ2) is 8.52. The Morgan fingerprint density at radius 1 is 1.19 bits per heavy atom. The molecule has 0 bridgehead atoms. The van der Waals surface area contributed by atoms with E-state index in [1.54, 1.807) is 24.3 Å². The zero-order chi connectivity index (χ0) is 19.2. The molecule has 3 aromatic rings. The summed E-state index contributed by atoms with van der Waals surface area (Å²) in [5, 5.41) is 20.5. The molecule has 1 amide bonds. The first-order valence-corrected chi connectivity index (χ1v) is 9.34. The number of thioether (sulfide) groups is 1. The second-order valence-electron chi connectivity index (χ2n) is 6.06. The minimum atomic E-state index is -0.340. The van der Waals surface area contributed by atoms with Gasteiger partial charge in [0, 0.05) is 19.2 Å². The lowest BCUT2D eigenvalue weighted by Gasteiger charge is -2.11. The zero-order valence-corrected chi connectivity index (χ0v) is 15.9. The number of anilines is 1. The number of amides is 1. The summed E-state index contributed by atoms with van der Waals surface area (Å²) < 4.78 is 1.92. The summed E-state index contributed by atoms with van der Waals surface area (Å²) in [6.45, 7) is 1.83. The predicted molar refractivity (Wildman–Crippen MR) is 105 cm³/mol. The summed E-state index contributed by atoms with van der Waals surface area (Å²) in [5.41, 5.74) is 2.38. The number of nitriles is 1. The minimum absolute atomic E-state index is 0.127. The van der Waals surface area contributed by atoms with Crippen LogP contribution in [-0.4, -0.2) is 25.9 Å². The van der Waals surface area contributed by atoms with Crippen molar-refractivity contribution in [3.8, 4) is 6.07 Å². The van der Waals surface area contributed by atoms with Crippen LogP contribution in [0.5, 0.6) is 0 Å². The molecule has 0 radical (unpaired) electrons. The van der Waals surface area contributed by atoms with E-state index in [1.165, 1.54) is 11.8 Å². The van der Waals surface area contributed by atoms with Gasteiger partial charge in [0.15, 0.2) is 5.16 Å². The summed E-state index contributed by atoms with van der Waals surface area (Å²) >= 11 is 1.36. The Balaban J connectivity index is 1.62. The fourth-order valence-electron chi connectivity index (χ4n) is 2.46. The number of hydrogen-bond donors (Lipinski definition) is 1. The highest BCUT2D eigenvalue weighted by atomic mass is 32.2. The average Bonchev–Trinajstić information content (AvgIpc) is 3.03. The zero-order valence-electron chi connectivity index (χ0n) is 15.1. The van der Waals surface area contributed by atoms with Crippen molar-refractivity contribution in [1.82, 2.24) is 14.8 Å². The molecule has 1 aromatic heterocycles. The van der Waals surface area contributed by atoms with Crippen LogP contribution >= 0.6 is 11.8 Å². The molecule has 27 heavy (non-hydrogen) atoms. The number of carbonyl (C=O) groups is 1. The van der Waals surface area contributed by atoms with Gasteiger partial charge in [-0.3, -0.25) is 4.79 Å². The molecule has 0 fully saturated rings. The Bertz CT molecular complexity index is 960. The third kappa shape index (κ3) is 4.74. The summed E-state index contributed by atoms with van der Waals surface area (Å²) in [7, 11) is 1.91. The largest absolute Gasteiger partial charge is 0.325 e. The van der Waals surface area contributed by atoms with E-state index in [2.05, 4.69) is 33.7 Å². The van der Waals surface area contributed by atoms with Gasteiger partial charge in [-0.15, -0.1) is 10.2 Å². The first kappa shape index (κ1) is 18.7. The molecule has 0 aliphatic carbocycles. The third-order valence-corrected chi connectivity index (χ3v) is 5.20. The van der Waals surface area contributed by atoms with Gasteiger partial charge in [-0.1, -0.05) is 42.1 Å². The van der Waals surface area contributed by atoms with Gasteiger partial charge in [-0.2, -0.15) is 5.26 Å². The topological polar surface area (TPSA) is 83.6 Å². The lowest BCUT2D eigenvalue weighted by atomic mass is 10.1. The summed E-state index contributed by atoms with van der Waals surface area (Å²) in [5.74, 6) is 0.723. The lowest BCUT2D eigenvalue weighted by molar-refractivity contribution is -0.115. The SMILES string of the molecule is CC(Sc1nnc(Cc2ccccc2)n1C)C(=O)Nc1ccc(C#N)cc1. The Kier molecular flexibility index (Phi) is 5.89. The first-order chi connectivity index (χ1) is 13.1. The van der Waals surface area contributed by atoms with E-state index in [9.17, 15) is 4.79 Å². The number of nitrogens with one attached hydrogen (secondary N) is 1. The van der Waals surface area contributed by atoms with Crippen molar-refractivity contribution in [3.05, 3.63) is 71.5 Å². The van der Waals surface area contributed by atoms with Gasteiger partial charge in [0.25, 0.3) is 0 Å². The van der Waals surface area contributed by atoms with Crippen LogP contribution in [-0.2, 0) is 18.3 Å². The standard InChI is InChI=1S/C20H19N5OS/c1-14(19(26)22-17-10-8-16(13-21)9-11-17)27-20-24-23-18(25(20)2)12-15-6-4-3-5-7-15/h3-11,14H,12H2,1-2H3,(H,22,26). The van der Waals surface area contributed by atoms with Crippen LogP contribution in [0.2, 0.25) is 0 Å². The number of carbonyl (C=O) groups excluding carboxylic acids is 1. The molecule has 0 saturated heterocycles. The molecule has 0 saturated carbocycles. The average molecular weight is 377 g/mol. The van der Waals surface area contributed by atoms with Crippen molar-refractivity contribution in [1.29, 1.82) is 5.26 Å². The smallest absolute Gasteiger partial charge is 0.237 e. The van der Waals surface area contributed by atoms with Gasteiger partial charge in [0.1, 0.15) is 5.82 Å². The predicted octanol–water partition coefficient (Wildman–Crippen LogP) is 3.40. The van der Waals surface area contributed by atoms with Crippen molar-refractivity contribution in [2.24, 2.45) is 7.05 Å². The molecule has 0 aliphatic rings. The monoisotopic (exact) mass is 377 g/mol. The van der Waals surface area contributed by atoms with E-state index < -0.39 is 0 Å². The quantitative estimate of drug-likeness (QED) is 0.666. The van der Waals surface area contributed by atoms with E-state index in [1.807, 2.05) is 36.7 Å². The third-order valence-electron chi connectivity index (χ3n) is 4.06. The molecule has 0 spiro atoms. The normalized spacial score (nSPS) is 11.6. The number of hydrogen-bond acceptors (Lipinski definition) is 5. The van der Waals surface area contributed by atoms with Crippen molar-refractivity contribution in [2.45, 2.75) is 23.8 Å². The molecule has 1 heterocycles. The maximum atomic E-state index is 12.4. The van der Waals surface area contributed by atoms with Crippen LogP contribution in [0.3, 0.4) is 0 Å². The van der Waals surface area contributed by atoms with E-state index in [4.69, 9.17) is 5.26 Å². The second-order valence-corrected chi connectivity index (χ2v) is 7.37. The van der Waals surface area contributed by atoms with Crippen LogP contribution in [0.1, 0.15) is 23.9 Å². The number of nitrogens with zero attached hydrogens (tertiary/aromatic N) is 4. The Morgan fingerprint density at radius 3 is 2.56 bits per heavy atom. The highest BCUT2D eigenvalue weighted by Crippen LogP contribution is 2.23. The van der Waals surface area contributed by atoms with E-state index in [0.717, 1.165) is 11.4 Å². The molecule has 1 atom stereocenters. The first-order valence-electron chi connectivity index (χ1n) is 8.46. The highest BCUT2D eigenvalue weighted by Gasteiger charge is 2.19. The molecule has 1 N–H and O–H groups in total. The number of aromatic nitrogens is 3. The van der Waals surface area contributed by atoms with Crippen LogP contribution in [0.15, 0.2) is 59.8 Å². The van der Waals surface area contributed by atoms with E-state index in [0.29, 0.717) is 22.8 Å². The molecular formula is C20H19N5OS. The molecule has 1 unspecified atom stereocenters. The highest BCUT2D eigenvalue weighted by molar-refractivity contribution is 8.00. The number of rotatable bonds is 6. The molecule has 6 nitrogen and oxygen atoms in total. The minimum Gasteiger partial charge on any atom is -0.325 e. The van der Waals surface area contributed by atoms with E-state index in [-0.39, 0.29) is 11.2 Å². The van der Waals surface area contributed by atoms with E-state index >= 15 is 0 Å². The van der Waals surface area contributed by atoms with Gasteiger partial charge in [-0.05, 0) is 36.8 Å².